The zero-order chi connectivity index (χ0) is 57.9. The molecule has 0 bridgehead atoms. The van der Waals surface area contributed by atoms with Crippen molar-refractivity contribution in [1.29, 1.82) is 0 Å². The van der Waals surface area contributed by atoms with Gasteiger partial charge in [-0.2, -0.15) is 0 Å². The fourth-order valence-electron chi connectivity index (χ4n) is 8.28. The van der Waals surface area contributed by atoms with Crippen molar-refractivity contribution in [1.82, 2.24) is 5.32 Å². The number of unbranched alkanes of at least 4 members (excludes halogenated alkanes) is 19. The molecule has 450 valence electrons. The molecule has 0 aliphatic heterocycles. The molecular formula is C69H117N2O7P. The number of esters is 1. The van der Waals surface area contributed by atoms with Crippen molar-refractivity contribution in [2.24, 2.45) is 0 Å². The molecule has 0 rings (SSSR count). The fraction of sp³-hybridized carbons (Fsp3) is 0.652. The van der Waals surface area contributed by atoms with Gasteiger partial charge in [-0.05, 0) is 122 Å². The van der Waals surface area contributed by atoms with Crippen LogP contribution in [0.2, 0.25) is 0 Å². The van der Waals surface area contributed by atoms with Crippen LogP contribution >= 0.6 is 7.82 Å². The Bertz CT molecular complexity index is 1810. The molecule has 0 radical (unpaired) electrons. The Morgan fingerprint density at radius 1 is 0.456 bits per heavy atom. The van der Waals surface area contributed by atoms with Crippen LogP contribution in [0.1, 0.15) is 239 Å². The minimum absolute atomic E-state index is 0.0388. The molecule has 0 aromatic heterocycles. The van der Waals surface area contributed by atoms with E-state index in [-0.39, 0.29) is 31.3 Å². The second-order valence-electron chi connectivity index (χ2n) is 21.8. The second-order valence-corrected chi connectivity index (χ2v) is 23.2. The summed E-state index contributed by atoms with van der Waals surface area (Å²) in [7, 11) is 1.13. The third-order valence-electron chi connectivity index (χ3n) is 13.1. The molecule has 0 aliphatic carbocycles. The Labute approximate surface area is 485 Å². The minimum atomic E-state index is -4.72. The van der Waals surface area contributed by atoms with Gasteiger partial charge in [-0.15, -0.1) is 0 Å². The minimum Gasteiger partial charge on any atom is -0.756 e. The van der Waals surface area contributed by atoms with Crippen LogP contribution in [0.25, 0.3) is 0 Å². The molecule has 0 saturated heterocycles. The third kappa shape index (κ3) is 58.6. The Hall–Kier alpha value is -3.85. The van der Waals surface area contributed by atoms with E-state index in [0.717, 1.165) is 141 Å². The first kappa shape index (κ1) is 75.2. The van der Waals surface area contributed by atoms with Crippen LogP contribution in [0.3, 0.4) is 0 Å². The molecule has 0 spiro atoms. The van der Waals surface area contributed by atoms with E-state index in [1.54, 1.807) is 0 Å². The van der Waals surface area contributed by atoms with Gasteiger partial charge < -0.3 is 28.5 Å². The van der Waals surface area contributed by atoms with Gasteiger partial charge in [0.1, 0.15) is 19.3 Å². The molecule has 0 fully saturated rings. The molecule has 1 amide bonds. The van der Waals surface area contributed by atoms with Crippen molar-refractivity contribution in [3.8, 4) is 0 Å². The summed E-state index contributed by atoms with van der Waals surface area (Å²) in [6, 6.07) is -0.921. The SMILES string of the molecule is CC/C=C\C/C=C\C/C=C\C/C=C\C/C=C\C/C=C\CCCCCCCCC(=O)OC(/C=C\CCCCCCCCCCCC)C(COP(=O)([O-])OCC[N+](C)(C)C)NC(=O)CCCCC/C=C/C/C=C/C/C=C/C/C=C/CC. The number of nitrogens with zero attached hydrogens (tertiary/aromatic N) is 1. The number of likely N-dealkylation sites (N-methyl/N-ethyl adjacent to an activating group) is 1. The van der Waals surface area contributed by atoms with Crippen molar-refractivity contribution < 1.29 is 37.3 Å². The number of nitrogens with one attached hydrogen (secondary N) is 1. The average molecular weight is 1120 g/mol. The molecule has 9 nitrogen and oxygen atoms in total. The van der Waals surface area contributed by atoms with Gasteiger partial charge in [0.2, 0.25) is 5.91 Å². The molecule has 10 heteroatoms. The first-order valence-electron chi connectivity index (χ1n) is 31.5. The van der Waals surface area contributed by atoms with Crippen LogP contribution in [-0.2, 0) is 27.9 Å². The van der Waals surface area contributed by atoms with Crippen molar-refractivity contribution in [3.63, 3.8) is 0 Å². The summed E-state index contributed by atoms with van der Waals surface area (Å²) in [5, 5.41) is 3.00. The standard InChI is InChI=1S/C69H117N2O7P/c1-7-10-13-16-19-22-25-28-30-32-33-34-35-36-37-38-39-40-42-44-47-50-53-56-59-62-69(73)78-67(60-57-54-51-48-45-27-24-21-18-15-12-9-3)66(65-77-79(74,75)76-64-63-71(4,5)6)70-68(72)61-58-55-52-49-46-43-41-31-29-26-23-20-17-14-11-8-2/h10-11,13-14,19-20,22-23,28-31,33-34,36-37,39-40,43,46,57,60,66-67H,7-9,12,15-18,21,24-27,32,35,38,41-42,44-45,47-56,58-59,61-65H2,1-6H3,(H-,70,72,74,75)/b13-10-,14-11+,22-19-,23-20+,30-28-,31-29+,34-33-,37-36-,40-39-,46-43+,60-57-. The maximum Gasteiger partial charge on any atom is 0.306 e. The number of quaternary nitrogens is 1. The van der Waals surface area contributed by atoms with Gasteiger partial charge in [0.25, 0.3) is 7.82 Å². The highest BCUT2D eigenvalue weighted by Crippen LogP contribution is 2.38. The molecule has 1 N–H and O–H groups in total. The molecule has 0 aromatic rings. The first-order valence-corrected chi connectivity index (χ1v) is 33.0. The number of phosphoric acid groups is 1. The molecule has 3 atom stereocenters. The van der Waals surface area contributed by atoms with E-state index in [1.807, 2.05) is 33.3 Å². The van der Waals surface area contributed by atoms with Gasteiger partial charge in [0.15, 0.2) is 0 Å². The molecule has 0 aromatic carbocycles. The lowest BCUT2D eigenvalue weighted by Crippen LogP contribution is -2.47. The van der Waals surface area contributed by atoms with E-state index in [4.69, 9.17) is 13.8 Å². The lowest BCUT2D eigenvalue weighted by atomic mass is 10.0. The van der Waals surface area contributed by atoms with E-state index in [1.165, 1.54) is 51.4 Å². The summed E-state index contributed by atoms with van der Waals surface area (Å²) in [4.78, 5) is 40.0. The third-order valence-corrected chi connectivity index (χ3v) is 14.0. The van der Waals surface area contributed by atoms with Gasteiger partial charge >= 0.3 is 5.97 Å². The van der Waals surface area contributed by atoms with E-state index in [2.05, 4.69) is 148 Å². The predicted molar refractivity (Wildman–Crippen MR) is 339 cm³/mol. The highest BCUT2D eigenvalue weighted by atomic mass is 31.2. The summed E-state index contributed by atoms with van der Waals surface area (Å²) in [6.45, 7) is 6.56. The van der Waals surface area contributed by atoms with Gasteiger partial charge in [-0.3, -0.25) is 14.2 Å². The molecule has 0 saturated carbocycles. The summed E-state index contributed by atoms with van der Waals surface area (Å²) >= 11 is 0. The van der Waals surface area contributed by atoms with Crippen molar-refractivity contribution in [2.45, 2.75) is 251 Å². The topological polar surface area (TPSA) is 114 Å². The van der Waals surface area contributed by atoms with E-state index >= 15 is 0 Å². The summed E-state index contributed by atoms with van der Waals surface area (Å²) in [5.41, 5.74) is 0. The van der Waals surface area contributed by atoms with Crippen LogP contribution < -0.4 is 10.2 Å². The summed E-state index contributed by atoms with van der Waals surface area (Å²) < 4.78 is 30.3. The zero-order valence-electron chi connectivity index (χ0n) is 51.3. The smallest absolute Gasteiger partial charge is 0.306 e. The fourth-order valence-corrected chi connectivity index (χ4v) is 9.00. The Balaban J connectivity index is 5.28. The van der Waals surface area contributed by atoms with E-state index in [9.17, 15) is 19.0 Å². The van der Waals surface area contributed by atoms with Gasteiger partial charge in [-0.25, -0.2) is 0 Å². The number of rotatable bonds is 55. The van der Waals surface area contributed by atoms with E-state index in [0.29, 0.717) is 23.9 Å². The largest absolute Gasteiger partial charge is 0.756 e. The Morgan fingerprint density at radius 2 is 0.810 bits per heavy atom. The monoisotopic (exact) mass is 1120 g/mol. The van der Waals surface area contributed by atoms with E-state index < -0.39 is 26.6 Å². The average Bonchev–Trinajstić information content (AvgIpc) is 3.41. The summed E-state index contributed by atoms with van der Waals surface area (Å²) in [6.07, 6.45) is 81.4. The number of ether oxygens (including phenoxy) is 1. The number of phosphoric ester groups is 1. The van der Waals surface area contributed by atoms with Gasteiger partial charge in [0.05, 0.1) is 33.8 Å². The number of hydrogen-bond donors (Lipinski definition) is 1. The van der Waals surface area contributed by atoms with Crippen LogP contribution in [0, 0.1) is 0 Å². The van der Waals surface area contributed by atoms with Crippen molar-refractivity contribution in [2.75, 3.05) is 40.9 Å². The number of allylic oxidation sites excluding steroid dienone is 21. The van der Waals surface area contributed by atoms with Gasteiger partial charge in [-0.1, -0.05) is 238 Å². The van der Waals surface area contributed by atoms with Crippen LogP contribution in [0.5, 0.6) is 0 Å². The Morgan fingerprint density at radius 3 is 1.23 bits per heavy atom. The zero-order valence-corrected chi connectivity index (χ0v) is 52.2. The van der Waals surface area contributed by atoms with Crippen LogP contribution in [-0.4, -0.2) is 69.4 Å². The maximum absolute atomic E-state index is 13.5. The second kappa shape index (κ2) is 57.4. The van der Waals surface area contributed by atoms with Crippen molar-refractivity contribution >= 4 is 19.7 Å². The lowest BCUT2D eigenvalue weighted by molar-refractivity contribution is -0.870. The molecule has 3 unspecified atom stereocenters. The van der Waals surface area contributed by atoms with Crippen molar-refractivity contribution in [3.05, 3.63) is 134 Å². The van der Waals surface area contributed by atoms with Crippen LogP contribution in [0.15, 0.2) is 134 Å². The first-order chi connectivity index (χ1) is 38.4. The quantitative estimate of drug-likeness (QED) is 0.0212. The van der Waals surface area contributed by atoms with Gasteiger partial charge in [0, 0.05) is 12.8 Å². The number of hydrogen-bond acceptors (Lipinski definition) is 7. The summed E-state index contributed by atoms with van der Waals surface area (Å²) in [5.74, 6) is -0.604. The maximum atomic E-state index is 13.5. The molecule has 0 aliphatic rings. The molecule has 0 heterocycles. The highest BCUT2D eigenvalue weighted by Gasteiger charge is 2.27. The number of amides is 1. The molecule has 79 heavy (non-hydrogen) atoms. The predicted octanol–water partition coefficient (Wildman–Crippen LogP) is 19.0. The molecular weight excluding hydrogens is 1000 g/mol. The number of carbonyl (C=O) groups is 2. The lowest BCUT2D eigenvalue weighted by Gasteiger charge is -2.30. The highest BCUT2D eigenvalue weighted by molar-refractivity contribution is 7.45. The normalized spacial score (nSPS) is 14.6. The van der Waals surface area contributed by atoms with Crippen LogP contribution in [0.4, 0.5) is 0 Å². The number of carbonyl (C=O) groups excluding carboxylic acids is 2. The Kier molecular flexibility index (Phi) is 54.6.